The number of aldehydes is 1. The van der Waals surface area contributed by atoms with E-state index >= 15 is 0 Å². The Kier molecular flexibility index (Phi) is 12.0. The van der Waals surface area contributed by atoms with Crippen molar-refractivity contribution in [1.82, 2.24) is 10.3 Å². The number of hydrogen-bond acceptors (Lipinski definition) is 8. The molecule has 6 rings (SSSR count). The van der Waals surface area contributed by atoms with Crippen LogP contribution in [0.2, 0.25) is 0 Å². The van der Waals surface area contributed by atoms with Crippen molar-refractivity contribution >= 4 is 23.9 Å². The lowest BCUT2D eigenvalue weighted by Gasteiger charge is -2.68. The number of oxazole rings is 1. The fourth-order valence-electron chi connectivity index (χ4n) is 12.0. The van der Waals surface area contributed by atoms with Gasteiger partial charge in [-0.05, 0) is 110 Å². The van der Waals surface area contributed by atoms with Gasteiger partial charge in [0.2, 0.25) is 0 Å². The monoisotopic (exact) mass is 710 g/mol. The molecular weight excluding hydrogens is 644 g/mol. The van der Waals surface area contributed by atoms with E-state index < -0.39 is 11.0 Å². The first-order chi connectivity index (χ1) is 23.9. The normalized spacial score (nSPS) is 35.1. The van der Waals surface area contributed by atoms with E-state index in [9.17, 15) is 19.2 Å². The molecule has 4 saturated carbocycles. The molecule has 0 radical (unpaired) electrons. The van der Waals surface area contributed by atoms with Crippen molar-refractivity contribution in [3.63, 3.8) is 0 Å². The molecule has 2 N–H and O–H groups in total. The molecule has 9 heteroatoms. The first-order valence-electron chi connectivity index (χ1n) is 19.5. The highest BCUT2D eigenvalue weighted by molar-refractivity contribution is 6.03. The average molecular weight is 711 g/mol. The van der Waals surface area contributed by atoms with Crippen LogP contribution in [0.1, 0.15) is 150 Å². The fraction of sp³-hybridized carbons (Fsp3) is 0.786. The first kappa shape index (κ1) is 41.0. The van der Waals surface area contributed by atoms with E-state index in [1.165, 1.54) is 5.57 Å². The zero-order valence-electron chi connectivity index (χ0n) is 33.5. The minimum absolute atomic E-state index is 0.0575. The number of allylic oxidation sites excluding steroid dienone is 1. The molecule has 8 unspecified atom stereocenters. The molecule has 5 aliphatic carbocycles. The van der Waals surface area contributed by atoms with Crippen LogP contribution in [0.25, 0.3) is 0 Å². The summed E-state index contributed by atoms with van der Waals surface area (Å²) in [4.78, 5) is 55.9. The minimum atomic E-state index is -0.723. The van der Waals surface area contributed by atoms with Crippen LogP contribution in [0.15, 0.2) is 21.8 Å². The molecule has 0 saturated heterocycles. The van der Waals surface area contributed by atoms with E-state index in [0.717, 1.165) is 70.3 Å². The summed E-state index contributed by atoms with van der Waals surface area (Å²) in [7, 11) is 1.00. The Bertz CT molecular complexity index is 1510. The van der Waals surface area contributed by atoms with Gasteiger partial charge in [-0.2, -0.15) is 0 Å². The van der Waals surface area contributed by atoms with Crippen LogP contribution in [-0.4, -0.2) is 52.8 Å². The van der Waals surface area contributed by atoms with Crippen molar-refractivity contribution in [2.45, 2.75) is 152 Å². The summed E-state index contributed by atoms with van der Waals surface area (Å²) < 4.78 is 11.8. The third-order valence-electron chi connectivity index (χ3n) is 13.9. The Balaban J connectivity index is 0.00000141. The van der Waals surface area contributed by atoms with Crippen molar-refractivity contribution in [1.29, 1.82) is 0 Å². The number of hydrogen-bond donors (Lipinski definition) is 2. The quantitative estimate of drug-likeness (QED) is 0.214. The molecule has 0 aromatic carbocycles. The Hall–Kier alpha value is -2.81. The Morgan fingerprint density at radius 2 is 1.67 bits per heavy atom. The second-order valence-electron chi connectivity index (χ2n) is 18.0. The molecule has 0 aliphatic heterocycles. The van der Waals surface area contributed by atoms with E-state index in [0.29, 0.717) is 29.9 Å². The van der Waals surface area contributed by atoms with Gasteiger partial charge in [-0.3, -0.25) is 14.4 Å². The predicted molar refractivity (Wildman–Crippen MR) is 198 cm³/mol. The Labute approximate surface area is 306 Å². The number of nitrogens with one attached hydrogen (secondary N) is 1. The van der Waals surface area contributed by atoms with Crippen molar-refractivity contribution in [3.05, 3.63) is 29.0 Å². The van der Waals surface area contributed by atoms with Crippen LogP contribution in [0, 0.1) is 58.2 Å². The highest BCUT2D eigenvalue weighted by atomic mass is 16.5. The second-order valence-corrected chi connectivity index (χ2v) is 18.0. The molecule has 4 fully saturated rings. The largest absolute Gasteiger partial charge is 0.462 e. The second kappa shape index (κ2) is 14.9. The molecular formula is C42H66N2O7. The van der Waals surface area contributed by atoms with Gasteiger partial charge in [0.1, 0.15) is 18.2 Å². The van der Waals surface area contributed by atoms with Crippen LogP contribution in [-0.2, 0) is 19.1 Å². The number of ketones is 1. The lowest BCUT2D eigenvalue weighted by atomic mass is 9.37. The van der Waals surface area contributed by atoms with E-state index in [4.69, 9.17) is 14.3 Å². The molecule has 1 amide bonds. The first-order valence-corrected chi connectivity index (χ1v) is 19.5. The summed E-state index contributed by atoms with van der Waals surface area (Å²) in [6, 6.07) is 0. The van der Waals surface area contributed by atoms with Gasteiger partial charge in [-0.25, -0.2) is 4.98 Å². The summed E-state index contributed by atoms with van der Waals surface area (Å²) >= 11 is 0. The van der Waals surface area contributed by atoms with Gasteiger partial charge < -0.3 is 24.4 Å². The lowest BCUT2D eigenvalue weighted by Crippen LogP contribution is -2.64. The van der Waals surface area contributed by atoms with E-state index in [-0.39, 0.29) is 64.2 Å². The highest BCUT2D eigenvalue weighted by Crippen LogP contribution is 2.72. The number of aromatic nitrogens is 1. The molecule has 0 spiro atoms. The zero-order valence-corrected chi connectivity index (χ0v) is 33.5. The summed E-state index contributed by atoms with van der Waals surface area (Å²) in [5.41, 5.74) is 0.778. The third kappa shape index (κ3) is 7.02. The Morgan fingerprint density at radius 3 is 2.25 bits per heavy atom. The van der Waals surface area contributed by atoms with Crippen LogP contribution < -0.4 is 5.32 Å². The smallest absolute Gasteiger partial charge is 0.307 e. The maximum absolute atomic E-state index is 13.8. The number of Topliss-reactive ketones (excluding diaryl/α,β-unsaturated/α-hetero) is 1. The number of aliphatic hydroxyl groups is 1. The van der Waals surface area contributed by atoms with Gasteiger partial charge in [-0.1, -0.05) is 69.2 Å². The highest BCUT2D eigenvalue weighted by Gasteiger charge is 2.67. The molecule has 51 heavy (non-hydrogen) atoms. The molecule has 0 bridgehead atoms. The predicted octanol–water partition coefficient (Wildman–Crippen LogP) is 8.22. The topological polar surface area (TPSA) is 136 Å². The molecule has 1 aromatic rings. The van der Waals surface area contributed by atoms with Gasteiger partial charge >= 0.3 is 11.9 Å². The van der Waals surface area contributed by atoms with Crippen LogP contribution in [0.4, 0.5) is 0 Å². The summed E-state index contributed by atoms with van der Waals surface area (Å²) in [6.45, 7) is 23.2. The number of carbonyl (C=O) groups is 4. The van der Waals surface area contributed by atoms with E-state index in [2.05, 4.69) is 51.8 Å². The number of carbonyl (C=O) groups excluding carboxylic acids is 4. The summed E-state index contributed by atoms with van der Waals surface area (Å²) in [5, 5.41) is 10.3. The van der Waals surface area contributed by atoms with Crippen LogP contribution in [0.5, 0.6) is 0 Å². The number of rotatable bonds is 7. The van der Waals surface area contributed by atoms with E-state index in [1.807, 2.05) is 13.8 Å². The molecule has 1 heterocycles. The number of aryl methyl sites for hydroxylation is 1. The van der Waals surface area contributed by atoms with Gasteiger partial charge in [0.25, 0.3) is 5.89 Å². The molecule has 1 aromatic heterocycles. The molecule has 286 valence electrons. The van der Waals surface area contributed by atoms with Crippen LogP contribution in [0.3, 0.4) is 0 Å². The lowest BCUT2D eigenvalue weighted by molar-refractivity contribution is -0.213. The number of amides is 1. The number of ether oxygens (including phenoxy) is 1. The van der Waals surface area contributed by atoms with Crippen molar-refractivity contribution in [2.24, 2.45) is 51.2 Å². The van der Waals surface area contributed by atoms with E-state index in [1.54, 1.807) is 27.0 Å². The maximum Gasteiger partial charge on any atom is 0.307 e. The maximum atomic E-state index is 13.8. The zero-order chi connectivity index (χ0) is 38.3. The fourth-order valence-corrected chi connectivity index (χ4v) is 12.0. The number of nitrogens with zero attached hydrogens (tertiary/aromatic N) is 1. The van der Waals surface area contributed by atoms with Crippen LogP contribution >= 0.6 is 0 Å². The van der Waals surface area contributed by atoms with Gasteiger partial charge in [0.05, 0.1) is 18.2 Å². The average Bonchev–Trinajstić information content (AvgIpc) is 3.64. The Morgan fingerprint density at radius 1 is 1.02 bits per heavy atom. The standard InChI is InChI=1S/C39H56N2O6.C2H6.CH4O/c1-22(2)31-26(43)18-39(41-33(45)34-40-20-23(3)46-34)17-12-25-24(32(31)39)10-11-28-37(25,8)15-13-27-36(6,7)29(14-16-38(27,28)9)47-30(44)19-35(4,5)21-42;2*1-2/h20-22,24-25,27-29H,10-19H2,1-9H3,(H,41,45);1-2H3;2H,1H3. The van der Waals surface area contributed by atoms with Gasteiger partial charge in [0.15, 0.2) is 5.78 Å². The number of aliphatic hydroxyl groups excluding tert-OH is 1. The minimum Gasteiger partial charge on any atom is -0.462 e. The summed E-state index contributed by atoms with van der Waals surface area (Å²) in [6.07, 6.45) is 10.5. The molecule has 5 aliphatic rings. The summed E-state index contributed by atoms with van der Waals surface area (Å²) in [5.74, 6) is 1.93. The molecule has 9 nitrogen and oxygen atoms in total. The SMILES string of the molecule is CC.CO.Cc1cnc(C(=O)NC23CCC4C(CCC5C4(C)CCC4C(C)(C)C(OC(=O)CC(C)(C)C=O)CCC45C)C2=C(C(C)C)C(=O)C3)o1. The van der Waals surface area contributed by atoms with Gasteiger partial charge in [0, 0.05) is 24.4 Å². The van der Waals surface area contributed by atoms with Crippen molar-refractivity contribution in [2.75, 3.05) is 7.11 Å². The number of fused-ring (bicyclic) bond motifs is 7. The van der Waals surface area contributed by atoms with Crippen molar-refractivity contribution in [3.8, 4) is 0 Å². The number of esters is 1. The molecule has 8 atom stereocenters. The van der Waals surface area contributed by atoms with Gasteiger partial charge in [-0.15, -0.1) is 0 Å². The third-order valence-corrected chi connectivity index (χ3v) is 13.9. The van der Waals surface area contributed by atoms with Crippen molar-refractivity contribution < 1.29 is 33.4 Å².